The Kier molecular flexibility index (Phi) is 8.03. The van der Waals surface area contributed by atoms with E-state index in [1.165, 1.54) is 0 Å². The largest absolute Gasteiger partial charge is 0.387 e. The van der Waals surface area contributed by atoms with Crippen molar-refractivity contribution in [2.24, 2.45) is 0 Å². The van der Waals surface area contributed by atoms with Crippen LogP contribution in [0.5, 0.6) is 0 Å². The van der Waals surface area contributed by atoms with Gasteiger partial charge in [-0.1, -0.05) is 24.4 Å². The molecule has 4 heteroatoms. The summed E-state index contributed by atoms with van der Waals surface area (Å²) in [5.74, 6) is 0. The van der Waals surface area contributed by atoms with Crippen molar-refractivity contribution in [3.8, 4) is 0 Å². The lowest BCUT2D eigenvalue weighted by Gasteiger charge is -2.09. The van der Waals surface area contributed by atoms with Crippen molar-refractivity contribution in [2.75, 3.05) is 13.1 Å². The summed E-state index contributed by atoms with van der Waals surface area (Å²) in [4.78, 5) is 1.79. The summed E-state index contributed by atoms with van der Waals surface area (Å²) in [5.41, 5.74) is 2.20. The molecule has 0 bridgehead atoms. The van der Waals surface area contributed by atoms with Crippen LogP contribution in [0.25, 0.3) is 0 Å². The lowest BCUT2D eigenvalue weighted by atomic mass is 10.3. The van der Waals surface area contributed by atoms with Crippen molar-refractivity contribution in [2.45, 2.75) is 27.7 Å². The predicted molar refractivity (Wildman–Crippen MR) is 80.1 cm³/mol. The highest BCUT2D eigenvalue weighted by Crippen LogP contribution is 1.90. The molecular weight excluding hydrogens is 236 g/mol. The molecule has 0 rings (SSSR count). The van der Waals surface area contributed by atoms with Crippen LogP contribution in [0.2, 0.25) is 0 Å². The lowest BCUT2D eigenvalue weighted by Crippen LogP contribution is -2.25. The standard InChI is InChI=1S/C12H20N2S2/c1-9(7-11(3)15)13-5-6-14-10(2)8-12(4)16/h7-8,13-14H,5-6H2,1-4H3/b9-7+,10-8+. The SMILES string of the molecule is CC(=S)/C=C(\C)NCCN/C(C)=C/C(C)=S. The number of rotatable bonds is 7. The van der Waals surface area contributed by atoms with E-state index in [4.69, 9.17) is 24.4 Å². The van der Waals surface area contributed by atoms with Gasteiger partial charge in [0.2, 0.25) is 0 Å². The minimum absolute atomic E-state index is 0.868. The van der Waals surface area contributed by atoms with Gasteiger partial charge in [0.05, 0.1) is 0 Å². The smallest absolute Gasteiger partial charge is 0.0317 e. The minimum Gasteiger partial charge on any atom is -0.387 e. The van der Waals surface area contributed by atoms with Gasteiger partial charge in [-0.2, -0.15) is 0 Å². The van der Waals surface area contributed by atoms with Crippen molar-refractivity contribution in [1.82, 2.24) is 10.6 Å². The van der Waals surface area contributed by atoms with Crippen LogP contribution in [0.15, 0.2) is 23.5 Å². The molecule has 16 heavy (non-hydrogen) atoms. The van der Waals surface area contributed by atoms with E-state index in [0.29, 0.717) is 0 Å². The first-order valence-corrected chi connectivity index (χ1v) is 6.09. The Morgan fingerprint density at radius 1 is 0.812 bits per heavy atom. The van der Waals surface area contributed by atoms with E-state index in [-0.39, 0.29) is 0 Å². The molecule has 0 aliphatic rings. The Labute approximate surface area is 109 Å². The third kappa shape index (κ3) is 9.80. The van der Waals surface area contributed by atoms with Gasteiger partial charge in [0.25, 0.3) is 0 Å². The zero-order chi connectivity index (χ0) is 12.6. The molecule has 0 fully saturated rings. The molecule has 0 amide bonds. The Morgan fingerprint density at radius 3 is 1.38 bits per heavy atom. The first-order valence-electron chi connectivity index (χ1n) is 5.27. The van der Waals surface area contributed by atoms with Crippen LogP contribution < -0.4 is 10.6 Å². The van der Waals surface area contributed by atoms with Crippen LogP contribution in [0.4, 0.5) is 0 Å². The zero-order valence-electron chi connectivity index (χ0n) is 10.4. The fraction of sp³-hybridized carbons (Fsp3) is 0.500. The average Bonchev–Trinajstić information content (AvgIpc) is 2.10. The van der Waals surface area contributed by atoms with Crippen LogP contribution >= 0.6 is 24.4 Å². The fourth-order valence-electron chi connectivity index (χ4n) is 1.23. The quantitative estimate of drug-likeness (QED) is 0.415. The Morgan fingerprint density at radius 2 is 1.12 bits per heavy atom. The number of thiocarbonyl (C=S) groups is 2. The topological polar surface area (TPSA) is 24.1 Å². The molecule has 0 radical (unpaired) electrons. The van der Waals surface area contributed by atoms with E-state index in [9.17, 15) is 0 Å². The molecule has 0 aromatic heterocycles. The minimum atomic E-state index is 0.868. The second kappa shape index (κ2) is 8.42. The maximum Gasteiger partial charge on any atom is 0.0317 e. The lowest BCUT2D eigenvalue weighted by molar-refractivity contribution is 0.718. The van der Waals surface area contributed by atoms with Crippen LogP contribution in [-0.4, -0.2) is 22.8 Å². The van der Waals surface area contributed by atoms with Crippen LogP contribution in [0.1, 0.15) is 27.7 Å². The summed E-state index contributed by atoms with van der Waals surface area (Å²) < 4.78 is 0. The zero-order valence-corrected chi connectivity index (χ0v) is 12.0. The third-order valence-corrected chi connectivity index (χ3v) is 2.01. The van der Waals surface area contributed by atoms with Gasteiger partial charge < -0.3 is 10.6 Å². The summed E-state index contributed by atoms with van der Waals surface area (Å²) in [6.45, 7) is 9.58. The maximum atomic E-state index is 4.98. The molecule has 0 saturated heterocycles. The third-order valence-electron chi connectivity index (χ3n) is 1.77. The summed E-state index contributed by atoms with van der Waals surface area (Å²) in [7, 11) is 0. The van der Waals surface area contributed by atoms with Gasteiger partial charge in [0.1, 0.15) is 0 Å². The summed E-state index contributed by atoms with van der Waals surface area (Å²) in [5, 5.41) is 6.55. The number of allylic oxidation sites excluding steroid dienone is 4. The molecule has 2 nitrogen and oxygen atoms in total. The second-order valence-electron chi connectivity index (χ2n) is 3.73. The molecule has 0 heterocycles. The predicted octanol–water partition coefficient (Wildman–Crippen LogP) is 2.75. The first-order chi connectivity index (χ1) is 7.41. The van der Waals surface area contributed by atoms with Crippen LogP contribution in [0.3, 0.4) is 0 Å². The Hall–Kier alpha value is -0.740. The van der Waals surface area contributed by atoms with E-state index in [1.54, 1.807) is 0 Å². The summed E-state index contributed by atoms with van der Waals surface area (Å²) in [6, 6.07) is 0. The highest BCUT2D eigenvalue weighted by molar-refractivity contribution is 7.80. The second-order valence-corrected chi connectivity index (χ2v) is 5.02. The van der Waals surface area contributed by atoms with Gasteiger partial charge >= 0.3 is 0 Å². The van der Waals surface area contributed by atoms with Gasteiger partial charge in [0, 0.05) is 34.2 Å². The molecular formula is C12H20N2S2. The van der Waals surface area contributed by atoms with Crippen LogP contribution in [-0.2, 0) is 0 Å². The maximum absolute atomic E-state index is 4.98. The first kappa shape index (κ1) is 15.3. The van der Waals surface area contributed by atoms with Gasteiger partial charge in [-0.05, 0) is 39.8 Å². The highest BCUT2D eigenvalue weighted by atomic mass is 32.1. The summed E-state index contributed by atoms with van der Waals surface area (Å²) >= 11 is 9.97. The molecule has 0 spiro atoms. The summed E-state index contributed by atoms with van der Waals surface area (Å²) in [6.07, 6.45) is 3.92. The normalized spacial score (nSPS) is 12.2. The molecule has 0 aromatic carbocycles. The van der Waals surface area contributed by atoms with Gasteiger partial charge in [0.15, 0.2) is 0 Å². The fourth-order valence-corrected chi connectivity index (χ4v) is 1.58. The molecule has 0 atom stereocenters. The molecule has 0 saturated carbocycles. The van der Waals surface area contributed by atoms with Crippen molar-refractivity contribution >= 4 is 34.2 Å². The Bertz CT molecular complexity index is 285. The number of hydrogen-bond acceptors (Lipinski definition) is 4. The molecule has 0 aliphatic heterocycles. The van der Waals surface area contributed by atoms with Crippen molar-refractivity contribution in [1.29, 1.82) is 0 Å². The molecule has 0 unspecified atom stereocenters. The Balaban J connectivity index is 3.77. The van der Waals surface area contributed by atoms with Crippen molar-refractivity contribution in [3.05, 3.63) is 23.5 Å². The van der Waals surface area contributed by atoms with E-state index in [2.05, 4.69) is 10.6 Å². The van der Waals surface area contributed by atoms with E-state index in [1.807, 2.05) is 39.8 Å². The molecule has 90 valence electrons. The molecule has 0 aromatic rings. The molecule has 2 N–H and O–H groups in total. The highest BCUT2D eigenvalue weighted by Gasteiger charge is 1.91. The monoisotopic (exact) mass is 256 g/mol. The van der Waals surface area contributed by atoms with E-state index < -0.39 is 0 Å². The number of hydrogen-bond donors (Lipinski definition) is 2. The van der Waals surface area contributed by atoms with Crippen LogP contribution in [0, 0.1) is 0 Å². The molecule has 0 aliphatic carbocycles. The van der Waals surface area contributed by atoms with Gasteiger partial charge in [-0.3, -0.25) is 0 Å². The average molecular weight is 256 g/mol. The van der Waals surface area contributed by atoms with E-state index >= 15 is 0 Å². The van der Waals surface area contributed by atoms with Gasteiger partial charge in [-0.15, -0.1) is 0 Å². The van der Waals surface area contributed by atoms with Gasteiger partial charge in [-0.25, -0.2) is 0 Å². The van der Waals surface area contributed by atoms with Crippen molar-refractivity contribution < 1.29 is 0 Å². The van der Waals surface area contributed by atoms with Crippen molar-refractivity contribution in [3.63, 3.8) is 0 Å². The van der Waals surface area contributed by atoms with E-state index in [0.717, 1.165) is 34.2 Å². The number of nitrogens with one attached hydrogen (secondary N) is 2.